The van der Waals surface area contributed by atoms with Gasteiger partial charge in [-0.15, -0.1) is 0 Å². The van der Waals surface area contributed by atoms with E-state index in [1.54, 1.807) is 11.3 Å². The van der Waals surface area contributed by atoms with Crippen LogP contribution >= 0.6 is 11.3 Å². The van der Waals surface area contributed by atoms with Crippen LogP contribution in [0.15, 0.2) is 35.0 Å². The lowest BCUT2D eigenvalue weighted by Crippen LogP contribution is -2.30. The second-order valence-corrected chi connectivity index (χ2v) is 6.35. The summed E-state index contributed by atoms with van der Waals surface area (Å²) in [6, 6.07) is 8.06. The van der Waals surface area contributed by atoms with Gasteiger partial charge < -0.3 is 14.4 Å². The van der Waals surface area contributed by atoms with Crippen molar-refractivity contribution in [1.82, 2.24) is 4.90 Å². The van der Waals surface area contributed by atoms with Gasteiger partial charge in [-0.25, -0.2) is 0 Å². The van der Waals surface area contributed by atoms with Crippen molar-refractivity contribution in [3.63, 3.8) is 0 Å². The molecule has 1 amide bonds. The molecule has 1 fully saturated rings. The predicted molar refractivity (Wildman–Crippen MR) is 84.8 cm³/mol. The average molecular weight is 315 g/mol. The smallest absolute Gasteiger partial charge is 0.255 e. The lowest BCUT2D eigenvalue weighted by Gasteiger charge is -2.26. The first kappa shape index (κ1) is 13.6. The zero-order valence-corrected chi connectivity index (χ0v) is 13.0. The number of hydrogen-bond acceptors (Lipinski definition) is 4. The minimum atomic E-state index is 0.124. The van der Waals surface area contributed by atoms with Gasteiger partial charge in [0.15, 0.2) is 11.5 Å². The first-order valence-corrected chi connectivity index (χ1v) is 8.50. The third-order valence-corrected chi connectivity index (χ3v) is 4.92. The maximum Gasteiger partial charge on any atom is 0.255 e. The fourth-order valence-corrected chi connectivity index (χ4v) is 3.81. The van der Waals surface area contributed by atoms with Gasteiger partial charge in [-0.05, 0) is 42.0 Å². The molecule has 0 spiro atoms. The van der Waals surface area contributed by atoms with Crippen molar-refractivity contribution in [2.24, 2.45) is 0 Å². The van der Waals surface area contributed by atoms with Gasteiger partial charge in [0, 0.05) is 11.9 Å². The molecule has 1 aromatic heterocycles. The second-order valence-electron chi connectivity index (χ2n) is 5.57. The van der Waals surface area contributed by atoms with Gasteiger partial charge in [0.25, 0.3) is 5.91 Å². The maximum absolute atomic E-state index is 12.7. The molecule has 1 saturated heterocycles. The number of amides is 1. The summed E-state index contributed by atoms with van der Waals surface area (Å²) in [7, 11) is 0. The summed E-state index contributed by atoms with van der Waals surface area (Å²) in [6.45, 7) is 1.99. The van der Waals surface area contributed by atoms with Crippen molar-refractivity contribution < 1.29 is 14.3 Å². The van der Waals surface area contributed by atoms with Crippen LogP contribution in [0.4, 0.5) is 0 Å². The van der Waals surface area contributed by atoms with Crippen LogP contribution in [0.2, 0.25) is 0 Å². The summed E-state index contributed by atoms with van der Waals surface area (Å²) in [5, 5.41) is 3.86. The Morgan fingerprint density at radius 1 is 1.18 bits per heavy atom. The maximum atomic E-state index is 12.7. The molecule has 4 rings (SSSR count). The Hall–Kier alpha value is -2.01. The summed E-state index contributed by atoms with van der Waals surface area (Å²) in [6.07, 6.45) is 2.03. The zero-order valence-electron chi connectivity index (χ0n) is 12.2. The molecular weight excluding hydrogens is 298 g/mol. The van der Waals surface area contributed by atoms with Gasteiger partial charge in [-0.3, -0.25) is 4.79 Å². The fourth-order valence-electron chi connectivity index (χ4n) is 3.18. The molecular formula is C17H17NO3S. The minimum absolute atomic E-state index is 0.124. The number of fused-ring (bicyclic) bond motifs is 1. The number of hydrogen-bond donors (Lipinski definition) is 0. The van der Waals surface area contributed by atoms with Crippen molar-refractivity contribution in [1.29, 1.82) is 0 Å². The number of ether oxygens (including phenoxy) is 2. The summed E-state index contributed by atoms with van der Waals surface area (Å²) >= 11 is 1.56. The van der Waals surface area contributed by atoms with Crippen LogP contribution in [0.5, 0.6) is 11.5 Å². The highest BCUT2D eigenvalue weighted by molar-refractivity contribution is 7.08. The normalized spacial score (nSPS) is 20.2. The third-order valence-electron chi connectivity index (χ3n) is 4.23. The summed E-state index contributed by atoms with van der Waals surface area (Å²) in [5.74, 6) is 1.71. The molecule has 114 valence electrons. The molecule has 3 heterocycles. The standard InChI is InChI=1S/C17H17NO3S/c19-17(13-5-9-22-11-13)18-6-1-2-14(18)12-3-4-15-16(10-12)21-8-7-20-15/h3-5,9-11,14H,1-2,6-8H2. The highest BCUT2D eigenvalue weighted by Crippen LogP contribution is 2.38. The zero-order chi connectivity index (χ0) is 14.9. The van der Waals surface area contributed by atoms with E-state index >= 15 is 0 Å². The highest BCUT2D eigenvalue weighted by atomic mass is 32.1. The van der Waals surface area contributed by atoms with E-state index in [-0.39, 0.29) is 11.9 Å². The predicted octanol–water partition coefficient (Wildman–Crippen LogP) is 3.50. The van der Waals surface area contributed by atoms with Gasteiger partial charge in [-0.1, -0.05) is 6.07 Å². The van der Waals surface area contributed by atoms with E-state index in [1.165, 1.54) is 0 Å². The van der Waals surface area contributed by atoms with Crippen molar-refractivity contribution in [3.8, 4) is 11.5 Å². The molecule has 0 aliphatic carbocycles. The highest BCUT2D eigenvalue weighted by Gasteiger charge is 2.31. The summed E-state index contributed by atoms with van der Waals surface area (Å²) in [4.78, 5) is 14.6. The number of carbonyl (C=O) groups excluding carboxylic acids is 1. The molecule has 2 aromatic rings. The Kier molecular flexibility index (Phi) is 3.50. The number of rotatable bonds is 2. The topological polar surface area (TPSA) is 38.8 Å². The Morgan fingerprint density at radius 2 is 2.05 bits per heavy atom. The molecule has 0 N–H and O–H groups in total. The van der Waals surface area contributed by atoms with E-state index in [0.29, 0.717) is 13.2 Å². The Labute approximate surface area is 133 Å². The Morgan fingerprint density at radius 3 is 2.86 bits per heavy atom. The fraction of sp³-hybridized carbons (Fsp3) is 0.353. The quantitative estimate of drug-likeness (QED) is 0.851. The molecule has 0 saturated carbocycles. The molecule has 5 heteroatoms. The molecule has 2 aliphatic rings. The van der Waals surface area contributed by atoms with E-state index in [2.05, 4.69) is 6.07 Å². The third kappa shape index (κ3) is 2.35. The monoisotopic (exact) mass is 315 g/mol. The SMILES string of the molecule is O=C(c1ccsc1)N1CCCC1c1ccc2c(c1)OCCO2. The van der Waals surface area contributed by atoms with Crippen LogP contribution in [0.3, 0.4) is 0 Å². The van der Waals surface area contributed by atoms with Gasteiger partial charge in [-0.2, -0.15) is 11.3 Å². The van der Waals surface area contributed by atoms with E-state index in [0.717, 1.165) is 42.0 Å². The van der Waals surface area contributed by atoms with E-state index in [4.69, 9.17) is 9.47 Å². The second kappa shape index (κ2) is 5.65. The van der Waals surface area contributed by atoms with Crippen LogP contribution in [0.25, 0.3) is 0 Å². The van der Waals surface area contributed by atoms with Crippen LogP contribution in [0, 0.1) is 0 Å². The lowest BCUT2D eigenvalue weighted by molar-refractivity contribution is 0.0735. The largest absolute Gasteiger partial charge is 0.486 e. The van der Waals surface area contributed by atoms with Crippen LogP contribution in [-0.4, -0.2) is 30.6 Å². The molecule has 2 aliphatic heterocycles. The molecule has 22 heavy (non-hydrogen) atoms. The molecule has 1 aromatic carbocycles. The number of thiophene rings is 1. The number of likely N-dealkylation sites (tertiary alicyclic amines) is 1. The summed E-state index contributed by atoms with van der Waals surface area (Å²) < 4.78 is 11.2. The van der Waals surface area contributed by atoms with E-state index in [1.807, 2.05) is 33.9 Å². The van der Waals surface area contributed by atoms with Crippen molar-refractivity contribution >= 4 is 17.2 Å². The average Bonchev–Trinajstić information content (AvgIpc) is 3.25. The van der Waals surface area contributed by atoms with Gasteiger partial charge in [0.05, 0.1) is 11.6 Å². The molecule has 0 radical (unpaired) electrons. The van der Waals surface area contributed by atoms with Crippen molar-refractivity contribution in [3.05, 3.63) is 46.2 Å². The van der Waals surface area contributed by atoms with Crippen LogP contribution in [-0.2, 0) is 0 Å². The molecule has 4 nitrogen and oxygen atoms in total. The Bertz CT molecular complexity index is 683. The van der Waals surface area contributed by atoms with E-state index in [9.17, 15) is 4.79 Å². The first-order chi connectivity index (χ1) is 10.8. The van der Waals surface area contributed by atoms with Gasteiger partial charge in [0.2, 0.25) is 0 Å². The van der Waals surface area contributed by atoms with Gasteiger partial charge >= 0.3 is 0 Å². The van der Waals surface area contributed by atoms with Crippen LogP contribution < -0.4 is 9.47 Å². The molecule has 1 unspecified atom stereocenters. The minimum Gasteiger partial charge on any atom is -0.486 e. The van der Waals surface area contributed by atoms with E-state index < -0.39 is 0 Å². The number of benzene rings is 1. The molecule has 0 bridgehead atoms. The first-order valence-electron chi connectivity index (χ1n) is 7.55. The lowest BCUT2D eigenvalue weighted by atomic mass is 10.0. The number of carbonyl (C=O) groups is 1. The Balaban J connectivity index is 1.62. The molecule has 1 atom stereocenters. The summed E-state index contributed by atoms with van der Waals surface area (Å²) in [5.41, 5.74) is 1.92. The van der Waals surface area contributed by atoms with Crippen molar-refractivity contribution in [2.75, 3.05) is 19.8 Å². The van der Waals surface area contributed by atoms with Crippen LogP contribution in [0.1, 0.15) is 34.8 Å². The van der Waals surface area contributed by atoms with Gasteiger partial charge in [0.1, 0.15) is 13.2 Å². The van der Waals surface area contributed by atoms with Crippen molar-refractivity contribution in [2.45, 2.75) is 18.9 Å². The number of nitrogens with zero attached hydrogens (tertiary/aromatic N) is 1.